The lowest BCUT2D eigenvalue weighted by molar-refractivity contribution is -0.160. The van der Waals surface area contributed by atoms with Gasteiger partial charge in [0.1, 0.15) is 0 Å². The molecule has 0 aliphatic carbocycles. The molecule has 0 heterocycles. The molecule has 3 nitrogen and oxygen atoms in total. The zero-order chi connectivity index (χ0) is 7.49. The van der Waals surface area contributed by atoms with E-state index in [1.165, 1.54) is 7.11 Å². The summed E-state index contributed by atoms with van der Waals surface area (Å²) in [5.74, 6) is -0.910. The molecule has 0 aromatic rings. The molecule has 0 aromatic heterocycles. The van der Waals surface area contributed by atoms with Gasteiger partial charge in [-0.2, -0.15) is 0 Å². The van der Waals surface area contributed by atoms with E-state index >= 15 is 0 Å². The number of methoxy groups -OCH3 is 1. The van der Waals surface area contributed by atoms with Crippen LogP contribution in [0.2, 0.25) is 0 Å². The number of carbonyl (C=O) groups is 1. The molecule has 0 amide bonds. The number of hydrogen-bond acceptors (Lipinski definition) is 2. The van der Waals surface area contributed by atoms with E-state index in [1.807, 2.05) is 0 Å². The molecule has 0 fully saturated rings. The molecule has 54 valence electrons. The predicted molar refractivity (Wildman–Crippen MR) is 33.3 cm³/mol. The lowest BCUT2D eigenvalue weighted by Gasteiger charge is -2.20. The van der Waals surface area contributed by atoms with Crippen molar-refractivity contribution in [3.8, 4) is 0 Å². The SMILES string of the molecule is CC[C@](C)(OC)C(=O)O. The molecule has 3 heteroatoms. The van der Waals surface area contributed by atoms with Crippen LogP contribution < -0.4 is 0 Å². The first-order chi connectivity index (χ1) is 4.06. The van der Waals surface area contributed by atoms with Crippen LogP contribution in [0, 0.1) is 0 Å². The van der Waals surface area contributed by atoms with Crippen molar-refractivity contribution < 1.29 is 14.6 Å². The van der Waals surface area contributed by atoms with Gasteiger partial charge in [-0.25, -0.2) is 4.79 Å². The van der Waals surface area contributed by atoms with Gasteiger partial charge >= 0.3 is 5.97 Å². The second-order valence-electron chi connectivity index (χ2n) is 2.09. The molecule has 0 aromatic carbocycles. The molecule has 0 unspecified atom stereocenters. The van der Waals surface area contributed by atoms with Crippen LogP contribution in [0.15, 0.2) is 0 Å². The van der Waals surface area contributed by atoms with Gasteiger partial charge < -0.3 is 9.84 Å². The minimum atomic E-state index is -1.00. The number of aliphatic carboxylic acids is 1. The maximum Gasteiger partial charge on any atom is 0.335 e. The largest absolute Gasteiger partial charge is 0.479 e. The Morgan fingerprint density at radius 2 is 2.22 bits per heavy atom. The van der Waals surface area contributed by atoms with Gasteiger partial charge in [-0.15, -0.1) is 0 Å². The number of rotatable bonds is 3. The van der Waals surface area contributed by atoms with Crippen LogP contribution in [0.3, 0.4) is 0 Å². The molecule has 9 heavy (non-hydrogen) atoms. The monoisotopic (exact) mass is 132 g/mol. The Labute approximate surface area is 54.6 Å². The molecule has 0 saturated carbocycles. The Hall–Kier alpha value is -0.570. The molecule has 0 bridgehead atoms. The van der Waals surface area contributed by atoms with E-state index in [0.717, 1.165) is 0 Å². The van der Waals surface area contributed by atoms with Crippen molar-refractivity contribution in [3.05, 3.63) is 0 Å². The first-order valence-corrected chi connectivity index (χ1v) is 2.85. The minimum Gasteiger partial charge on any atom is -0.479 e. The summed E-state index contributed by atoms with van der Waals surface area (Å²) in [6.07, 6.45) is 0.485. The average Bonchev–Trinajstić information content (AvgIpc) is 1.86. The van der Waals surface area contributed by atoms with Crippen LogP contribution in [0.25, 0.3) is 0 Å². The van der Waals surface area contributed by atoms with Crippen molar-refractivity contribution >= 4 is 5.97 Å². The fourth-order valence-corrected chi connectivity index (χ4v) is 0.383. The third kappa shape index (κ3) is 1.68. The van der Waals surface area contributed by atoms with Gasteiger partial charge in [-0.1, -0.05) is 6.92 Å². The van der Waals surface area contributed by atoms with E-state index in [0.29, 0.717) is 6.42 Å². The zero-order valence-corrected chi connectivity index (χ0v) is 5.97. The fourth-order valence-electron chi connectivity index (χ4n) is 0.383. The van der Waals surface area contributed by atoms with Gasteiger partial charge in [0.15, 0.2) is 5.60 Å². The Morgan fingerprint density at radius 1 is 1.78 bits per heavy atom. The smallest absolute Gasteiger partial charge is 0.335 e. The summed E-state index contributed by atoms with van der Waals surface area (Å²) < 4.78 is 4.75. The molecular weight excluding hydrogens is 120 g/mol. The third-order valence-corrected chi connectivity index (χ3v) is 1.58. The third-order valence-electron chi connectivity index (χ3n) is 1.58. The Bertz CT molecular complexity index is 105. The van der Waals surface area contributed by atoms with Gasteiger partial charge in [0.2, 0.25) is 0 Å². The second kappa shape index (κ2) is 2.82. The quantitative estimate of drug-likeness (QED) is 0.620. The minimum absolute atomic E-state index is 0.485. The van der Waals surface area contributed by atoms with Gasteiger partial charge in [-0.05, 0) is 13.3 Å². The number of ether oxygens (including phenoxy) is 1. The summed E-state index contributed by atoms with van der Waals surface area (Å²) in [6, 6.07) is 0. The molecule has 0 saturated heterocycles. The van der Waals surface area contributed by atoms with Gasteiger partial charge in [0.25, 0.3) is 0 Å². The Balaban J connectivity index is 4.09. The summed E-state index contributed by atoms with van der Waals surface area (Å²) in [6.45, 7) is 3.33. The fraction of sp³-hybridized carbons (Fsp3) is 0.833. The van der Waals surface area contributed by atoms with Crippen LogP contribution >= 0.6 is 0 Å². The molecule has 0 aliphatic rings. The van der Waals surface area contributed by atoms with E-state index in [9.17, 15) is 4.79 Å². The first kappa shape index (κ1) is 8.43. The van der Waals surface area contributed by atoms with Crippen molar-refractivity contribution in [2.45, 2.75) is 25.9 Å². The van der Waals surface area contributed by atoms with Gasteiger partial charge in [-0.3, -0.25) is 0 Å². The van der Waals surface area contributed by atoms with E-state index in [1.54, 1.807) is 13.8 Å². The van der Waals surface area contributed by atoms with Crippen molar-refractivity contribution in [3.63, 3.8) is 0 Å². The lowest BCUT2D eigenvalue weighted by atomic mass is 10.0. The topological polar surface area (TPSA) is 46.5 Å². The van der Waals surface area contributed by atoms with Gasteiger partial charge in [0, 0.05) is 7.11 Å². The summed E-state index contributed by atoms with van der Waals surface area (Å²) >= 11 is 0. The van der Waals surface area contributed by atoms with Crippen molar-refractivity contribution in [1.82, 2.24) is 0 Å². The standard InChI is InChI=1S/C6H12O3/c1-4-6(2,9-3)5(7)8/h4H2,1-3H3,(H,7,8)/t6-/m0/s1. The van der Waals surface area contributed by atoms with Crippen molar-refractivity contribution in [1.29, 1.82) is 0 Å². The molecule has 1 N–H and O–H groups in total. The molecule has 0 aliphatic heterocycles. The molecule has 0 spiro atoms. The summed E-state index contributed by atoms with van der Waals surface area (Å²) in [5, 5.41) is 8.51. The van der Waals surface area contributed by atoms with E-state index in [-0.39, 0.29) is 0 Å². The Morgan fingerprint density at radius 3 is 2.22 bits per heavy atom. The van der Waals surface area contributed by atoms with Crippen molar-refractivity contribution in [2.24, 2.45) is 0 Å². The van der Waals surface area contributed by atoms with E-state index in [4.69, 9.17) is 9.84 Å². The van der Waals surface area contributed by atoms with Crippen molar-refractivity contribution in [2.75, 3.05) is 7.11 Å². The predicted octanol–water partition coefficient (Wildman–Crippen LogP) is 0.886. The number of carboxylic acids is 1. The second-order valence-corrected chi connectivity index (χ2v) is 2.09. The highest BCUT2D eigenvalue weighted by Crippen LogP contribution is 2.12. The maximum atomic E-state index is 10.4. The number of hydrogen-bond donors (Lipinski definition) is 1. The highest BCUT2D eigenvalue weighted by molar-refractivity contribution is 5.76. The van der Waals surface area contributed by atoms with E-state index < -0.39 is 11.6 Å². The summed E-state index contributed by atoms with van der Waals surface area (Å²) in [7, 11) is 1.40. The number of carboxylic acid groups (broad SMARTS) is 1. The summed E-state index contributed by atoms with van der Waals surface area (Å²) in [5.41, 5.74) is -1.00. The zero-order valence-electron chi connectivity index (χ0n) is 5.97. The molecule has 1 atom stereocenters. The lowest BCUT2D eigenvalue weighted by Crippen LogP contribution is -2.36. The average molecular weight is 132 g/mol. The molecule has 0 rings (SSSR count). The van der Waals surface area contributed by atoms with Gasteiger partial charge in [0.05, 0.1) is 0 Å². The normalized spacial score (nSPS) is 16.8. The molecule has 0 radical (unpaired) electrons. The maximum absolute atomic E-state index is 10.4. The van der Waals surface area contributed by atoms with Crippen LogP contribution in [0.5, 0.6) is 0 Å². The van der Waals surface area contributed by atoms with Crippen LogP contribution in [-0.4, -0.2) is 23.8 Å². The van der Waals surface area contributed by atoms with E-state index in [2.05, 4.69) is 0 Å². The molecular formula is C6H12O3. The van der Waals surface area contributed by atoms with Crippen LogP contribution in [0.1, 0.15) is 20.3 Å². The first-order valence-electron chi connectivity index (χ1n) is 2.85. The Kier molecular flexibility index (Phi) is 2.65. The van der Waals surface area contributed by atoms with Crippen LogP contribution in [-0.2, 0) is 9.53 Å². The van der Waals surface area contributed by atoms with Crippen LogP contribution in [0.4, 0.5) is 0 Å². The highest BCUT2D eigenvalue weighted by Gasteiger charge is 2.29. The summed E-state index contributed by atoms with van der Waals surface area (Å²) in [4.78, 5) is 10.4. The highest BCUT2D eigenvalue weighted by atomic mass is 16.5.